The highest BCUT2D eigenvalue weighted by atomic mass is 16.2. The van der Waals surface area contributed by atoms with Crippen LogP contribution in [0.2, 0.25) is 0 Å². The largest absolute Gasteiger partial charge is 0.337 e. The summed E-state index contributed by atoms with van der Waals surface area (Å²) in [4.78, 5) is 14.5. The van der Waals surface area contributed by atoms with E-state index >= 15 is 0 Å². The highest BCUT2D eigenvalue weighted by molar-refractivity contribution is 5.92. The summed E-state index contributed by atoms with van der Waals surface area (Å²) in [6, 6.07) is 8.05. The molecule has 23 heavy (non-hydrogen) atoms. The quantitative estimate of drug-likeness (QED) is 0.917. The van der Waals surface area contributed by atoms with E-state index in [1.54, 1.807) is 10.9 Å². The van der Waals surface area contributed by atoms with E-state index in [-0.39, 0.29) is 17.4 Å². The van der Waals surface area contributed by atoms with E-state index in [1.165, 1.54) is 0 Å². The lowest BCUT2D eigenvalue weighted by molar-refractivity contribution is 0.0527. The van der Waals surface area contributed by atoms with Crippen LogP contribution < -0.4 is 5.73 Å². The Bertz CT molecular complexity index is 721. The van der Waals surface area contributed by atoms with Crippen LogP contribution in [0.3, 0.4) is 0 Å². The van der Waals surface area contributed by atoms with Crippen molar-refractivity contribution in [2.24, 2.45) is 11.1 Å². The third kappa shape index (κ3) is 3.12. The Morgan fingerprint density at radius 1 is 1.39 bits per heavy atom. The lowest BCUT2D eigenvalue weighted by atomic mass is 9.79. The SMILES string of the molecule is Cc1cccc(-n2cc(C(=O)N3CCC(N)C(C)(C)C3)nn2)c1. The molecule has 2 aromatic rings. The van der Waals surface area contributed by atoms with Gasteiger partial charge >= 0.3 is 0 Å². The number of piperidine rings is 1. The average Bonchev–Trinajstić information content (AvgIpc) is 2.99. The number of hydrogen-bond acceptors (Lipinski definition) is 4. The molecular formula is C17H23N5O. The molecule has 0 spiro atoms. The molecule has 122 valence electrons. The van der Waals surface area contributed by atoms with Gasteiger partial charge in [0, 0.05) is 19.1 Å². The van der Waals surface area contributed by atoms with Crippen molar-refractivity contribution in [2.75, 3.05) is 13.1 Å². The average molecular weight is 313 g/mol. The number of benzene rings is 1. The van der Waals surface area contributed by atoms with Crippen LogP contribution in [0, 0.1) is 12.3 Å². The van der Waals surface area contributed by atoms with Crippen molar-refractivity contribution in [3.05, 3.63) is 41.7 Å². The lowest BCUT2D eigenvalue weighted by Gasteiger charge is -2.42. The number of aromatic nitrogens is 3. The summed E-state index contributed by atoms with van der Waals surface area (Å²) < 4.78 is 1.64. The molecule has 1 amide bonds. The van der Waals surface area contributed by atoms with Crippen molar-refractivity contribution in [3.63, 3.8) is 0 Å². The van der Waals surface area contributed by atoms with Crippen LogP contribution in [0.4, 0.5) is 0 Å². The number of aryl methyl sites for hydroxylation is 1. The van der Waals surface area contributed by atoms with Gasteiger partial charge in [0.05, 0.1) is 11.9 Å². The first-order chi connectivity index (χ1) is 10.9. The van der Waals surface area contributed by atoms with Gasteiger partial charge in [0.1, 0.15) is 0 Å². The second-order valence-corrected chi connectivity index (χ2v) is 7.00. The molecule has 6 heteroatoms. The van der Waals surface area contributed by atoms with Gasteiger partial charge < -0.3 is 10.6 Å². The molecule has 0 bridgehead atoms. The van der Waals surface area contributed by atoms with E-state index in [1.807, 2.05) is 36.1 Å². The van der Waals surface area contributed by atoms with Crippen molar-refractivity contribution < 1.29 is 4.79 Å². The summed E-state index contributed by atoms with van der Waals surface area (Å²) >= 11 is 0. The van der Waals surface area contributed by atoms with E-state index in [0.29, 0.717) is 18.8 Å². The monoisotopic (exact) mass is 313 g/mol. The maximum atomic E-state index is 12.7. The Morgan fingerprint density at radius 2 is 2.17 bits per heavy atom. The Labute approximate surface area is 136 Å². The molecule has 1 aromatic heterocycles. The van der Waals surface area contributed by atoms with Crippen LogP contribution in [0.1, 0.15) is 36.3 Å². The molecule has 1 aliphatic rings. The molecule has 2 N–H and O–H groups in total. The minimum absolute atomic E-state index is 0.0797. The first-order valence-corrected chi connectivity index (χ1v) is 7.91. The Morgan fingerprint density at radius 3 is 2.87 bits per heavy atom. The van der Waals surface area contributed by atoms with Crippen LogP contribution in [0.5, 0.6) is 0 Å². The molecule has 1 atom stereocenters. The van der Waals surface area contributed by atoms with E-state index in [9.17, 15) is 4.79 Å². The molecule has 0 radical (unpaired) electrons. The predicted octanol–water partition coefficient (Wildman–Crippen LogP) is 1.78. The number of nitrogens with zero attached hydrogens (tertiary/aromatic N) is 4. The molecule has 1 fully saturated rings. The maximum absolute atomic E-state index is 12.7. The normalized spacial score (nSPS) is 20.5. The van der Waals surface area contributed by atoms with E-state index < -0.39 is 0 Å². The number of likely N-dealkylation sites (tertiary alicyclic amines) is 1. The molecule has 6 nitrogen and oxygen atoms in total. The topological polar surface area (TPSA) is 77.0 Å². The fraction of sp³-hybridized carbons (Fsp3) is 0.471. The number of hydrogen-bond donors (Lipinski definition) is 1. The summed E-state index contributed by atoms with van der Waals surface area (Å²) in [5.74, 6) is -0.0797. The third-order valence-corrected chi connectivity index (χ3v) is 4.58. The van der Waals surface area contributed by atoms with Crippen LogP contribution in [0.15, 0.2) is 30.5 Å². The number of carbonyl (C=O) groups is 1. The second kappa shape index (κ2) is 5.77. The van der Waals surface area contributed by atoms with Crippen molar-refractivity contribution >= 4 is 5.91 Å². The van der Waals surface area contributed by atoms with Crippen LogP contribution >= 0.6 is 0 Å². The van der Waals surface area contributed by atoms with Crippen LogP contribution in [0.25, 0.3) is 5.69 Å². The molecule has 1 aliphatic heterocycles. The van der Waals surface area contributed by atoms with Gasteiger partial charge in [0.15, 0.2) is 5.69 Å². The van der Waals surface area contributed by atoms with Gasteiger partial charge in [-0.3, -0.25) is 4.79 Å². The summed E-state index contributed by atoms with van der Waals surface area (Å²) in [6.45, 7) is 7.53. The molecule has 0 saturated carbocycles. The van der Waals surface area contributed by atoms with E-state index in [2.05, 4.69) is 24.2 Å². The van der Waals surface area contributed by atoms with Crippen molar-refractivity contribution in [2.45, 2.75) is 33.2 Å². The molecule has 3 rings (SSSR count). The van der Waals surface area contributed by atoms with E-state index in [4.69, 9.17) is 5.73 Å². The van der Waals surface area contributed by atoms with Gasteiger partial charge in [-0.25, -0.2) is 4.68 Å². The van der Waals surface area contributed by atoms with Gasteiger partial charge in [0.25, 0.3) is 5.91 Å². The van der Waals surface area contributed by atoms with E-state index in [0.717, 1.165) is 17.7 Å². The molecule has 1 aromatic carbocycles. The fourth-order valence-electron chi connectivity index (χ4n) is 2.97. The minimum atomic E-state index is -0.0829. The number of nitrogens with two attached hydrogens (primary N) is 1. The van der Waals surface area contributed by atoms with Gasteiger partial charge in [0.2, 0.25) is 0 Å². The highest BCUT2D eigenvalue weighted by Crippen LogP contribution is 2.28. The number of amides is 1. The third-order valence-electron chi connectivity index (χ3n) is 4.58. The lowest BCUT2D eigenvalue weighted by Crippen LogP contribution is -2.54. The number of carbonyl (C=O) groups excluding carboxylic acids is 1. The van der Waals surface area contributed by atoms with Gasteiger partial charge in [-0.1, -0.05) is 31.2 Å². The number of rotatable bonds is 2. The van der Waals surface area contributed by atoms with Gasteiger partial charge in [-0.15, -0.1) is 5.10 Å². The molecule has 0 aliphatic carbocycles. The van der Waals surface area contributed by atoms with Crippen molar-refractivity contribution in [1.82, 2.24) is 19.9 Å². The molecule has 2 heterocycles. The molecule has 1 saturated heterocycles. The minimum Gasteiger partial charge on any atom is -0.337 e. The van der Waals surface area contributed by atoms with Crippen LogP contribution in [-0.2, 0) is 0 Å². The first-order valence-electron chi connectivity index (χ1n) is 7.91. The summed E-state index contributed by atoms with van der Waals surface area (Å²) in [5.41, 5.74) is 8.47. The predicted molar refractivity (Wildman–Crippen MR) is 88.4 cm³/mol. The standard InChI is InChI=1S/C17H23N5O/c1-12-5-4-6-13(9-12)22-10-14(19-20-22)16(23)21-8-7-15(18)17(2,3)11-21/h4-6,9-10,15H,7-8,11,18H2,1-3H3. The van der Waals surface area contributed by atoms with Crippen molar-refractivity contribution in [3.8, 4) is 5.69 Å². The van der Waals surface area contributed by atoms with Gasteiger partial charge in [-0.2, -0.15) is 0 Å². The Balaban J connectivity index is 1.79. The second-order valence-electron chi connectivity index (χ2n) is 7.00. The summed E-state index contributed by atoms with van der Waals surface area (Å²) in [5, 5.41) is 8.14. The fourth-order valence-corrected chi connectivity index (χ4v) is 2.97. The van der Waals surface area contributed by atoms with Gasteiger partial charge in [-0.05, 0) is 36.5 Å². The smallest absolute Gasteiger partial charge is 0.276 e. The van der Waals surface area contributed by atoms with Crippen molar-refractivity contribution in [1.29, 1.82) is 0 Å². The summed E-state index contributed by atoms with van der Waals surface area (Å²) in [7, 11) is 0. The zero-order valence-corrected chi connectivity index (χ0v) is 13.9. The Kier molecular flexibility index (Phi) is 3.93. The highest BCUT2D eigenvalue weighted by Gasteiger charge is 2.36. The molecule has 1 unspecified atom stereocenters. The maximum Gasteiger partial charge on any atom is 0.276 e. The molecular weight excluding hydrogens is 290 g/mol. The zero-order valence-electron chi connectivity index (χ0n) is 13.9. The van der Waals surface area contributed by atoms with Crippen LogP contribution in [-0.4, -0.2) is 44.9 Å². The first kappa shape index (κ1) is 15.7. The summed E-state index contributed by atoms with van der Waals surface area (Å²) in [6.07, 6.45) is 2.50. The zero-order chi connectivity index (χ0) is 16.6. The Hall–Kier alpha value is -2.21.